The van der Waals surface area contributed by atoms with E-state index >= 15 is 0 Å². The van der Waals surface area contributed by atoms with E-state index in [1.54, 1.807) is 30.3 Å². The Morgan fingerprint density at radius 3 is 2.17 bits per heavy atom. The lowest BCUT2D eigenvalue weighted by molar-refractivity contribution is -0.122. The maximum absolute atomic E-state index is 13.7. The summed E-state index contributed by atoms with van der Waals surface area (Å²) in [6, 6.07) is 10.2. The highest BCUT2D eigenvalue weighted by Gasteiger charge is 2.22. The molecule has 0 unspecified atom stereocenters. The fourth-order valence-electron chi connectivity index (χ4n) is 5.74. The van der Waals surface area contributed by atoms with E-state index in [0.717, 1.165) is 62.6 Å². The maximum Gasteiger partial charge on any atom is 0.332 e. The summed E-state index contributed by atoms with van der Waals surface area (Å²) in [6.07, 6.45) is 7.13. The first-order chi connectivity index (χ1) is 19.4. The molecule has 3 aromatic rings. The number of rotatable bonds is 8. The van der Waals surface area contributed by atoms with Gasteiger partial charge in [-0.15, -0.1) is 0 Å². The number of carbonyl (C=O) groups excluding carboxylic acids is 2. The highest BCUT2D eigenvalue weighted by molar-refractivity contribution is 5.94. The number of hydrogen-bond donors (Lipinski definition) is 1. The monoisotopic (exact) mass is 548 g/mol. The molecule has 2 heterocycles. The second kappa shape index (κ2) is 12.0. The van der Waals surface area contributed by atoms with Crippen molar-refractivity contribution in [1.29, 1.82) is 0 Å². The number of carbonyl (C=O) groups is 2. The van der Waals surface area contributed by atoms with Crippen molar-refractivity contribution in [3.63, 3.8) is 0 Å². The molecule has 2 aromatic carbocycles. The Balaban J connectivity index is 1.50. The molecule has 10 nitrogen and oxygen atoms in total. The lowest BCUT2D eigenvalue weighted by atomic mass is 10.1. The van der Waals surface area contributed by atoms with E-state index < -0.39 is 11.2 Å². The quantitative estimate of drug-likeness (QED) is 0.463. The van der Waals surface area contributed by atoms with Gasteiger partial charge in [-0.3, -0.25) is 23.5 Å². The van der Waals surface area contributed by atoms with Gasteiger partial charge in [-0.1, -0.05) is 25.0 Å². The predicted molar refractivity (Wildman–Crippen MR) is 151 cm³/mol. The first-order valence-electron chi connectivity index (χ1n) is 14.0. The molecule has 2 amide bonds. The number of ether oxygens (including phenoxy) is 2. The number of amides is 2. The van der Waals surface area contributed by atoms with Crippen molar-refractivity contribution in [3.05, 3.63) is 68.4 Å². The summed E-state index contributed by atoms with van der Waals surface area (Å²) in [5, 5.41) is 3.26. The first kappa shape index (κ1) is 27.5. The molecule has 1 saturated heterocycles. The van der Waals surface area contributed by atoms with Gasteiger partial charge in [-0.2, -0.15) is 0 Å². The van der Waals surface area contributed by atoms with Gasteiger partial charge in [0.05, 0.1) is 31.7 Å². The summed E-state index contributed by atoms with van der Waals surface area (Å²) < 4.78 is 13.3. The average molecular weight is 549 g/mol. The van der Waals surface area contributed by atoms with Crippen molar-refractivity contribution >= 4 is 22.7 Å². The molecule has 0 atom stereocenters. The molecule has 5 rings (SSSR count). The summed E-state index contributed by atoms with van der Waals surface area (Å²) in [5.74, 6) is 0.409. The Kier molecular flexibility index (Phi) is 8.23. The number of nitrogens with zero attached hydrogens (tertiary/aromatic N) is 3. The minimum absolute atomic E-state index is 0.00852. The second-order valence-electron chi connectivity index (χ2n) is 10.6. The van der Waals surface area contributed by atoms with Crippen LogP contribution in [0, 0.1) is 0 Å². The normalized spacial score (nSPS) is 15.8. The van der Waals surface area contributed by atoms with E-state index in [1.807, 2.05) is 4.90 Å². The van der Waals surface area contributed by atoms with Crippen LogP contribution in [0.15, 0.2) is 46.0 Å². The molecule has 1 N–H and O–H groups in total. The molecule has 0 spiro atoms. The zero-order chi connectivity index (χ0) is 28.2. The van der Waals surface area contributed by atoms with Crippen molar-refractivity contribution in [1.82, 2.24) is 19.4 Å². The van der Waals surface area contributed by atoms with Gasteiger partial charge in [0.15, 0.2) is 11.5 Å². The van der Waals surface area contributed by atoms with Gasteiger partial charge in [-0.05, 0) is 55.9 Å². The molecule has 1 aliphatic carbocycles. The van der Waals surface area contributed by atoms with Gasteiger partial charge in [-0.25, -0.2) is 4.79 Å². The zero-order valence-electron chi connectivity index (χ0n) is 23.1. The van der Waals surface area contributed by atoms with Crippen LogP contribution in [0.4, 0.5) is 0 Å². The highest BCUT2D eigenvalue weighted by Crippen LogP contribution is 2.30. The summed E-state index contributed by atoms with van der Waals surface area (Å²) in [6.45, 7) is 1.28. The van der Waals surface area contributed by atoms with Crippen LogP contribution in [-0.4, -0.2) is 59.2 Å². The molecule has 0 bridgehead atoms. The van der Waals surface area contributed by atoms with Gasteiger partial charge in [0.2, 0.25) is 5.91 Å². The topological polar surface area (TPSA) is 112 Å². The van der Waals surface area contributed by atoms with E-state index in [9.17, 15) is 19.2 Å². The molecule has 212 valence electrons. The molecular weight excluding hydrogens is 512 g/mol. The number of likely N-dealkylation sites (tertiary alicyclic amines) is 1. The smallest absolute Gasteiger partial charge is 0.332 e. The fraction of sp³-hybridized carbons (Fsp3) is 0.467. The van der Waals surface area contributed by atoms with Crippen LogP contribution in [0.1, 0.15) is 60.9 Å². The van der Waals surface area contributed by atoms with Gasteiger partial charge in [0.25, 0.3) is 11.5 Å². The number of methoxy groups -OCH3 is 2. The minimum Gasteiger partial charge on any atom is -0.493 e. The van der Waals surface area contributed by atoms with Crippen molar-refractivity contribution in [2.24, 2.45) is 0 Å². The fourth-order valence-corrected chi connectivity index (χ4v) is 5.74. The Labute approximate surface area is 232 Å². The SMILES string of the molecule is COc1cc2c(=O)n(Cc3ccc(C(=O)N4CCCCC4)cc3)c(=O)n(CC(=O)NC3CCCC3)c2cc1OC. The molecule has 1 aromatic heterocycles. The molecule has 10 heteroatoms. The summed E-state index contributed by atoms with van der Waals surface area (Å²) in [5.41, 5.74) is 0.472. The average Bonchev–Trinajstić information content (AvgIpc) is 3.50. The van der Waals surface area contributed by atoms with Crippen LogP contribution < -0.4 is 26.0 Å². The Hall–Kier alpha value is -4.08. The molecule has 40 heavy (non-hydrogen) atoms. The van der Waals surface area contributed by atoms with E-state index in [-0.39, 0.29) is 36.3 Å². The maximum atomic E-state index is 13.7. The number of hydrogen-bond acceptors (Lipinski definition) is 6. The number of piperidine rings is 1. The highest BCUT2D eigenvalue weighted by atomic mass is 16.5. The van der Waals surface area contributed by atoms with Crippen LogP contribution in [0.5, 0.6) is 11.5 Å². The third kappa shape index (κ3) is 5.61. The lowest BCUT2D eigenvalue weighted by Crippen LogP contribution is -2.44. The Morgan fingerprint density at radius 1 is 0.875 bits per heavy atom. The van der Waals surface area contributed by atoms with Crippen LogP contribution in [0.3, 0.4) is 0 Å². The van der Waals surface area contributed by atoms with Crippen LogP contribution in [-0.2, 0) is 17.9 Å². The first-order valence-corrected chi connectivity index (χ1v) is 14.0. The number of aromatic nitrogens is 2. The third-order valence-corrected chi connectivity index (χ3v) is 7.94. The second-order valence-corrected chi connectivity index (χ2v) is 10.6. The molecule has 2 fully saturated rings. The van der Waals surface area contributed by atoms with Crippen LogP contribution >= 0.6 is 0 Å². The van der Waals surface area contributed by atoms with E-state index in [4.69, 9.17) is 9.47 Å². The summed E-state index contributed by atoms with van der Waals surface area (Å²) in [4.78, 5) is 55.0. The predicted octanol–water partition coefficient (Wildman–Crippen LogP) is 2.91. The van der Waals surface area contributed by atoms with Crippen molar-refractivity contribution < 1.29 is 19.1 Å². The van der Waals surface area contributed by atoms with Gasteiger partial charge in [0.1, 0.15) is 6.54 Å². The third-order valence-electron chi connectivity index (χ3n) is 7.94. The lowest BCUT2D eigenvalue weighted by Gasteiger charge is -2.26. The Morgan fingerprint density at radius 2 is 1.52 bits per heavy atom. The zero-order valence-corrected chi connectivity index (χ0v) is 23.1. The summed E-state index contributed by atoms with van der Waals surface area (Å²) >= 11 is 0. The van der Waals surface area contributed by atoms with E-state index in [0.29, 0.717) is 28.1 Å². The number of benzene rings is 2. The largest absolute Gasteiger partial charge is 0.493 e. The van der Waals surface area contributed by atoms with Gasteiger partial charge >= 0.3 is 5.69 Å². The molecule has 1 saturated carbocycles. The van der Waals surface area contributed by atoms with Crippen molar-refractivity contribution in [2.45, 2.75) is 64.1 Å². The number of fused-ring (bicyclic) bond motifs is 1. The molecule has 2 aliphatic rings. The van der Waals surface area contributed by atoms with Crippen molar-refractivity contribution in [2.75, 3.05) is 27.3 Å². The number of nitrogens with one attached hydrogen (secondary N) is 1. The summed E-state index contributed by atoms with van der Waals surface area (Å²) in [7, 11) is 2.94. The van der Waals surface area contributed by atoms with E-state index in [2.05, 4.69) is 5.32 Å². The molecule has 1 aliphatic heterocycles. The Bertz CT molecular complexity index is 1510. The molecular formula is C30H36N4O6. The van der Waals surface area contributed by atoms with Gasteiger partial charge in [0, 0.05) is 30.8 Å². The molecule has 0 radical (unpaired) electrons. The van der Waals surface area contributed by atoms with Crippen LogP contribution in [0.25, 0.3) is 10.9 Å². The van der Waals surface area contributed by atoms with Gasteiger partial charge < -0.3 is 19.7 Å². The standard InChI is InChI=1S/C30H36N4O6/c1-39-25-16-23-24(17-26(25)40-2)33(19-27(35)31-22-8-4-5-9-22)30(38)34(29(23)37)18-20-10-12-21(13-11-20)28(36)32-14-6-3-7-15-32/h10-13,16-17,22H,3-9,14-15,18-19H2,1-2H3,(H,31,35). The van der Waals surface area contributed by atoms with Crippen LogP contribution in [0.2, 0.25) is 0 Å². The minimum atomic E-state index is -0.597. The van der Waals surface area contributed by atoms with Crippen molar-refractivity contribution in [3.8, 4) is 11.5 Å². The van der Waals surface area contributed by atoms with E-state index in [1.165, 1.54) is 24.9 Å².